The third-order valence-corrected chi connectivity index (χ3v) is 4.82. The Labute approximate surface area is 151 Å². The van der Waals surface area contributed by atoms with Gasteiger partial charge in [-0.2, -0.15) is 0 Å². The molecule has 122 valence electrons. The Morgan fingerprint density at radius 2 is 0.769 bits per heavy atom. The summed E-state index contributed by atoms with van der Waals surface area (Å²) < 4.78 is 0. The number of aromatic nitrogens is 2. The topological polar surface area (TPSA) is 25.8 Å². The van der Waals surface area contributed by atoms with Gasteiger partial charge in [0.05, 0.1) is 0 Å². The van der Waals surface area contributed by atoms with Crippen LogP contribution in [0, 0.1) is 0 Å². The minimum Gasteiger partial charge on any atom is -0.265 e. The molecule has 5 aromatic rings. The molecule has 0 radical (unpaired) electrons. The third-order valence-electron chi connectivity index (χ3n) is 4.82. The summed E-state index contributed by atoms with van der Waals surface area (Å²) in [6.07, 6.45) is 7.34. The molecule has 0 fully saturated rings. The monoisotopic (exact) mass is 332 g/mol. The predicted molar refractivity (Wildman–Crippen MR) is 108 cm³/mol. The van der Waals surface area contributed by atoms with Crippen LogP contribution in [0.25, 0.3) is 43.8 Å². The van der Waals surface area contributed by atoms with E-state index in [2.05, 4.69) is 58.5 Å². The molecular weight excluding hydrogens is 316 g/mol. The molecule has 0 amide bonds. The van der Waals surface area contributed by atoms with E-state index in [1.165, 1.54) is 43.8 Å². The van der Waals surface area contributed by atoms with Crippen molar-refractivity contribution in [3.05, 3.63) is 97.6 Å². The molecule has 26 heavy (non-hydrogen) atoms. The first kappa shape index (κ1) is 14.8. The molecule has 0 atom stereocenters. The Hall–Kier alpha value is -3.52. The van der Waals surface area contributed by atoms with Crippen LogP contribution in [0.3, 0.4) is 0 Å². The van der Waals surface area contributed by atoms with Gasteiger partial charge in [0.25, 0.3) is 0 Å². The van der Waals surface area contributed by atoms with Crippen molar-refractivity contribution in [3.63, 3.8) is 0 Å². The van der Waals surface area contributed by atoms with Crippen LogP contribution in [0.4, 0.5) is 0 Å². The largest absolute Gasteiger partial charge is 0.265 e. The number of nitrogens with zero attached hydrogens (tertiary/aromatic N) is 2. The van der Waals surface area contributed by atoms with Crippen molar-refractivity contribution in [3.8, 4) is 22.3 Å². The quantitative estimate of drug-likeness (QED) is 0.364. The van der Waals surface area contributed by atoms with E-state index in [0.717, 1.165) is 0 Å². The van der Waals surface area contributed by atoms with E-state index in [1.54, 1.807) is 0 Å². The van der Waals surface area contributed by atoms with E-state index in [0.29, 0.717) is 0 Å². The van der Waals surface area contributed by atoms with Crippen molar-refractivity contribution in [1.82, 2.24) is 9.97 Å². The predicted octanol–water partition coefficient (Wildman–Crippen LogP) is 6.12. The van der Waals surface area contributed by atoms with Crippen molar-refractivity contribution < 1.29 is 0 Å². The Balaban J connectivity index is 1.67. The smallest absolute Gasteiger partial charge is 0.0273 e. The highest BCUT2D eigenvalue weighted by Gasteiger charge is 2.04. The number of benzene rings is 3. The van der Waals surface area contributed by atoms with E-state index in [9.17, 15) is 0 Å². The fourth-order valence-corrected chi connectivity index (χ4v) is 3.45. The van der Waals surface area contributed by atoms with Crippen LogP contribution < -0.4 is 0 Å². The number of fused-ring (bicyclic) bond motifs is 2. The Morgan fingerprint density at radius 3 is 1.23 bits per heavy atom. The molecule has 5 rings (SSSR count). The fraction of sp³-hybridized carbons (Fsp3) is 0. The average molecular weight is 332 g/mol. The molecule has 0 saturated carbocycles. The SMILES string of the molecule is c1cc(-c2ccc3cc4ccc(-c5ccncc5)cc4cc3c2)ccn1. The molecule has 3 aromatic carbocycles. The minimum atomic E-state index is 1.19. The molecule has 2 nitrogen and oxygen atoms in total. The lowest BCUT2D eigenvalue weighted by Gasteiger charge is -2.08. The highest BCUT2D eigenvalue weighted by Crippen LogP contribution is 2.30. The molecule has 0 aliphatic carbocycles. The van der Waals surface area contributed by atoms with E-state index in [4.69, 9.17) is 0 Å². The second kappa shape index (κ2) is 6.08. The zero-order valence-electron chi connectivity index (χ0n) is 14.1. The summed E-state index contributed by atoms with van der Waals surface area (Å²) >= 11 is 0. The number of rotatable bonds is 2. The molecule has 0 bridgehead atoms. The molecule has 0 saturated heterocycles. The summed E-state index contributed by atoms with van der Waals surface area (Å²) in [5.41, 5.74) is 4.80. The highest BCUT2D eigenvalue weighted by atomic mass is 14.6. The number of hydrogen-bond donors (Lipinski definition) is 0. The second-order valence-corrected chi connectivity index (χ2v) is 6.45. The molecule has 0 aliphatic heterocycles. The Bertz CT molecular complexity index is 1120. The van der Waals surface area contributed by atoms with Gasteiger partial charge in [0.2, 0.25) is 0 Å². The van der Waals surface area contributed by atoms with Gasteiger partial charge in [-0.15, -0.1) is 0 Å². The van der Waals surface area contributed by atoms with Gasteiger partial charge in [-0.1, -0.05) is 24.3 Å². The second-order valence-electron chi connectivity index (χ2n) is 6.45. The maximum absolute atomic E-state index is 4.11. The van der Waals surface area contributed by atoms with Crippen molar-refractivity contribution in [2.24, 2.45) is 0 Å². The van der Waals surface area contributed by atoms with Gasteiger partial charge < -0.3 is 0 Å². The van der Waals surface area contributed by atoms with Gasteiger partial charge in [0.15, 0.2) is 0 Å². The third kappa shape index (κ3) is 2.62. The van der Waals surface area contributed by atoms with Crippen molar-refractivity contribution in [1.29, 1.82) is 0 Å². The van der Waals surface area contributed by atoms with E-state index in [1.807, 2.05) is 49.1 Å². The summed E-state index contributed by atoms with van der Waals surface area (Å²) in [5, 5.41) is 5.01. The van der Waals surface area contributed by atoms with Gasteiger partial charge in [-0.3, -0.25) is 9.97 Å². The van der Waals surface area contributed by atoms with Gasteiger partial charge in [0, 0.05) is 24.8 Å². The van der Waals surface area contributed by atoms with Gasteiger partial charge >= 0.3 is 0 Å². The van der Waals surface area contributed by atoms with Gasteiger partial charge in [-0.25, -0.2) is 0 Å². The molecule has 2 heteroatoms. The van der Waals surface area contributed by atoms with Crippen LogP contribution in [0.5, 0.6) is 0 Å². The first-order valence-electron chi connectivity index (χ1n) is 8.65. The van der Waals surface area contributed by atoms with E-state index >= 15 is 0 Å². The number of pyridine rings is 2. The Kier molecular flexibility index (Phi) is 3.46. The fourth-order valence-electron chi connectivity index (χ4n) is 3.45. The van der Waals surface area contributed by atoms with E-state index < -0.39 is 0 Å². The van der Waals surface area contributed by atoms with Crippen LogP contribution in [0.2, 0.25) is 0 Å². The Morgan fingerprint density at radius 1 is 0.346 bits per heavy atom. The molecule has 2 heterocycles. The maximum Gasteiger partial charge on any atom is 0.0273 e. The lowest BCUT2D eigenvalue weighted by atomic mass is 9.97. The summed E-state index contributed by atoms with van der Waals surface area (Å²) in [7, 11) is 0. The van der Waals surface area contributed by atoms with E-state index in [-0.39, 0.29) is 0 Å². The summed E-state index contributed by atoms with van der Waals surface area (Å²) in [6, 6.07) is 26.0. The van der Waals surface area contributed by atoms with Gasteiger partial charge in [-0.05, 0) is 92.3 Å². The molecule has 0 spiro atoms. The first-order valence-corrected chi connectivity index (χ1v) is 8.65. The number of hydrogen-bond acceptors (Lipinski definition) is 2. The van der Waals surface area contributed by atoms with Crippen LogP contribution >= 0.6 is 0 Å². The van der Waals surface area contributed by atoms with Crippen molar-refractivity contribution in [2.45, 2.75) is 0 Å². The normalized spacial score (nSPS) is 11.1. The lowest BCUT2D eigenvalue weighted by molar-refractivity contribution is 1.33. The zero-order valence-corrected chi connectivity index (χ0v) is 14.1. The van der Waals surface area contributed by atoms with Crippen LogP contribution in [-0.4, -0.2) is 9.97 Å². The molecule has 0 unspecified atom stereocenters. The molecule has 0 aliphatic rings. The summed E-state index contributed by atoms with van der Waals surface area (Å²) in [4.78, 5) is 8.22. The minimum absolute atomic E-state index is 1.19. The lowest BCUT2D eigenvalue weighted by Crippen LogP contribution is -1.83. The summed E-state index contributed by atoms with van der Waals surface area (Å²) in [6.45, 7) is 0. The zero-order chi connectivity index (χ0) is 17.3. The first-order chi connectivity index (χ1) is 12.9. The average Bonchev–Trinajstić information content (AvgIpc) is 2.73. The standard InChI is InChI=1S/C24H16N2/c1-3-21-13-22-4-2-20(18-7-11-26-12-8-18)15-24(22)16-23(21)14-19(1)17-5-9-25-10-6-17/h1-16H. The van der Waals surface area contributed by atoms with Gasteiger partial charge in [0.1, 0.15) is 0 Å². The van der Waals surface area contributed by atoms with Crippen molar-refractivity contribution in [2.75, 3.05) is 0 Å². The molecule has 2 aromatic heterocycles. The summed E-state index contributed by atoms with van der Waals surface area (Å²) in [5.74, 6) is 0. The van der Waals surface area contributed by atoms with Crippen molar-refractivity contribution >= 4 is 21.5 Å². The molecular formula is C24H16N2. The maximum atomic E-state index is 4.11. The van der Waals surface area contributed by atoms with Crippen LogP contribution in [0.1, 0.15) is 0 Å². The molecule has 0 N–H and O–H groups in total. The highest BCUT2D eigenvalue weighted by molar-refractivity contribution is 6.01. The van der Waals surface area contributed by atoms with Crippen LogP contribution in [0.15, 0.2) is 97.6 Å². The van der Waals surface area contributed by atoms with Crippen LogP contribution in [-0.2, 0) is 0 Å².